The molecule has 2 heterocycles. The lowest BCUT2D eigenvalue weighted by Crippen LogP contribution is -2.36. The van der Waals surface area contributed by atoms with Gasteiger partial charge >= 0.3 is 0 Å². The number of amides is 3. The summed E-state index contributed by atoms with van der Waals surface area (Å²) >= 11 is 0. The molecule has 5 heteroatoms. The van der Waals surface area contributed by atoms with Crippen molar-refractivity contribution in [2.75, 3.05) is 7.05 Å². The number of hydrogen-bond acceptors (Lipinski definition) is 3. The highest BCUT2D eigenvalue weighted by Crippen LogP contribution is 2.40. The topological polar surface area (TPSA) is 57.7 Å². The molecule has 2 aliphatic rings. The van der Waals surface area contributed by atoms with Crippen LogP contribution in [-0.4, -0.2) is 40.6 Å². The summed E-state index contributed by atoms with van der Waals surface area (Å²) in [6, 6.07) is 0.00663. The molecular formula is C25H46N2O3. The van der Waals surface area contributed by atoms with Crippen molar-refractivity contribution in [3.05, 3.63) is 12.3 Å². The molecule has 0 radical (unpaired) electrons. The van der Waals surface area contributed by atoms with Crippen LogP contribution in [0.4, 0.5) is 0 Å². The zero-order valence-electron chi connectivity index (χ0n) is 20.0. The maximum atomic E-state index is 12.0. The summed E-state index contributed by atoms with van der Waals surface area (Å²) in [5.74, 6) is 2.25. The van der Waals surface area contributed by atoms with Gasteiger partial charge in [0, 0.05) is 43.0 Å². The minimum Gasteiger partial charge on any atom is -0.319 e. The molecule has 0 aromatic carbocycles. The number of hydrogen-bond donors (Lipinski definition) is 0. The van der Waals surface area contributed by atoms with Gasteiger partial charge < -0.3 is 4.90 Å². The molecule has 0 aromatic rings. The fourth-order valence-corrected chi connectivity index (χ4v) is 4.62. The van der Waals surface area contributed by atoms with E-state index in [1.165, 1.54) is 4.90 Å². The van der Waals surface area contributed by atoms with Gasteiger partial charge in [0.1, 0.15) is 0 Å². The van der Waals surface area contributed by atoms with E-state index >= 15 is 0 Å². The lowest BCUT2D eigenvalue weighted by Gasteiger charge is -2.22. The smallest absolute Gasteiger partial charge is 0.233 e. The van der Waals surface area contributed by atoms with E-state index in [0.29, 0.717) is 30.1 Å². The van der Waals surface area contributed by atoms with Gasteiger partial charge in [-0.2, -0.15) is 0 Å². The first-order chi connectivity index (χ1) is 13.3. The van der Waals surface area contributed by atoms with Crippen molar-refractivity contribution >= 4 is 17.7 Å². The van der Waals surface area contributed by atoms with Gasteiger partial charge in [0.2, 0.25) is 17.7 Å². The Morgan fingerprint density at radius 1 is 0.900 bits per heavy atom. The Hall–Kier alpha value is -1.65. The van der Waals surface area contributed by atoms with Crippen LogP contribution in [0.3, 0.4) is 0 Å². The van der Waals surface area contributed by atoms with E-state index in [2.05, 4.69) is 48.1 Å². The minimum absolute atomic E-state index is 0. The fourth-order valence-electron chi connectivity index (χ4n) is 4.62. The quantitative estimate of drug-likeness (QED) is 0.542. The molecular weight excluding hydrogens is 376 g/mol. The summed E-state index contributed by atoms with van der Waals surface area (Å²) in [6.45, 7) is 20.7. The van der Waals surface area contributed by atoms with Crippen molar-refractivity contribution in [2.24, 2.45) is 35.5 Å². The van der Waals surface area contributed by atoms with E-state index in [-0.39, 0.29) is 43.0 Å². The van der Waals surface area contributed by atoms with E-state index < -0.39 is 0 Å². The second-order valence-electron chi connectivity index (χ2n) is 10.1. The zero-order valence-corrected chi connectivity index (χ0v) is 20.0. The highest BCUT2D eigenvalue weighted by molar-refractivity contribution is 6.03. The standard InChI is InChI=1S/C13H23NO.C11H19NO2.CH4/c1-8(2)7-11-12(9(3)4)10(5)14(6)13(11)15;1-7(2)5-9-6-10(13)12(8(3)4)11(9)14;/h8-9,11-12H,5,7H2,1-4,6H3;7-9H,5-6H2,1-4H3;1H4. The first-order valence-electron chi connectivity index (χ1n) is 11.1. The molecule has 0 saturated carbocycles. The average Bonchev–Trinajstić information content (AvgIpc) is 2.95. The Balaban J connectivity index is 0.000000544. The third-order valence-electron chi connectivity index (χ3n) is 5.89. The largest absolute Gasteiger partial charge is 0.319 e. The molecule has 0 aromatic heterocycles. The van der Waals surface area contributed by atoms with Crippen LogP contribution >= 0.6 is 0 Å². The van der Waals surface area contributed by atoms with Gasteiger partial charge in [-0.25, -0.2) is 0 Å². The lowest BCUT2D eigenvalue weighted by atomic mass is 9.80. The normalized spacial score (nSPS) is 24.4. The molecule has 5 nitrogen and oxygen atoms in total. The molecule has 2 rings (SSSR count). The first-order valence-corrected chi connectivity index (χ1v) is 11.1. The molecule has 0 N–H and O–H groups in total. The maximum Gasteiger partial charge on any atom is 0.233 e. The predicted octanol–water partition coefficient (Wildman–Crippen LogP) is 5.36. The van der Waals surface area contributed by atoms with Crippen molar-refractivity contribution in [1.29, 1.82) is 0 Å². The number of carbonyl (C=O) groups is 3. The lowest BCUT2D eigenvalue weighted by molar-refractivity contribution is -0.141. The molecule has 0 bridgehead atoms. The van der Waals surface area contributed by atoms with Gasteiger partial charge in [-0.05, 0) is 44.4 Å². The zero-order chi connectivity index (χ0) is 22.6. The maximum absolute atomic E-state index is 12.0. The fraction of sp³-hybridized carbons (Fsp3) is 0.800. The van der Waals surface area contributed by atoms with Crippen molar-refractivity contribution in [1.82, 2.24) is 9.80 Å². The molecule has 30 heavy (non-hydrogen) atoms. The van der Waals surface area contributed by atoms with Crippen LogP contribution in [0.2, 0.25) is 0 Å². The average molecular weight is 423 g/mol. The Morgan fingerprint density at radius 2 is 1.40 bits per heavy atom. The summed E-state index contributed by atoms with van der Waals surface area (Å²) in [5, 5.41) is 0. The number of rotatable bonds is 6. The minimum atomic E-state index is -0.0649. The Kier molecular flexibility index (Phi) is 11.0. The Bertz CT molecular complexity index is 622. The van der Waals surface area contributed by atoms with Gasteiger partial charge in [-0.15, -0.1) is 0 Å². The number of carbonyl (C=O) groups excluding carboxylic acids is 3. The third kappa shape index (κ3) is 6.68. The van der Waals surface area contributed by atoms with Gasteiger partial charge in [0.05, 0.1) is 0 Å². The molecule has 2 saturated heterocycles. The molecule has 2 fully saturated rings. The summed E-state index contributed by atoms with van der Waals surface area (Å²) in [6.07, 6.45) is 2.22. The van der Waals surface area contributed by atoms with Crippen LogP contribution in [0.5, 0.6) is 0 Å². The van der Waals surface area contributed by atoms with Crippen molar-refractivity contribution in [2.45, 2.75) is 88.1 Å². The second kappa shape index (κ2) is 11.7. The van der Waals surface area contributed by atoms with Crippen LogP contribution in [0, 0.1) is 35.5 Å². The van der Waals surface area contributed by atoms with Gasteiger partial charge in [-0.1, -0.05) is 55.5 Å². The molecule has 3 atom stereocenters. The molecule has 3 amide bonds. The first kappa shape index (κ1) is 28.4. The van der Waals surface area contributed by atoms with E-state index in [0.717, 1.165) is 18.5 Å². The summed E-state index contributed by atoms with van der Waals surface area (Å²) in [7, 11) is 1.85. The number of likely N-dealkylation sites (tertiary alicyclic amines) is 2. The van der Waals surface area contributed by atoms with E-state index in [1.54, 1.807) is 4.90 Å². The van der Waals surface area contributed by atoms with Crippen molar-refractivity contribution in [3.63, 3.8) is 0 Å². The number of allylic oxidation sites excluding steroid dienone is 1. The summed E-state index contributed by atoms with van der Waals surface area (Å²) in [5.41, 5.74) is 1.00. The van der Waals surface area contributed by atoms with E-state index in [1.807, 2.05) is 20.9 Å². The van der Waals surface area contributed by atoms with Crippen molar-refractivity contribution in [3.8, 4) is 0 Å². The Labute approximate surface area is 185 Å². The molecule has 174 valence electrons. The Morgan fingerprint density at radius 3 is 1.77 bits per heavy atom. The highest BCUT2D eigenvalue weighted by atomic mass is 16.2. The van der Waals surface area contributed by atoms with Gasteiger partial charge in [-0.3, -0.25) is 19.3 Å². The van der Waals surface area contributed by atoms with Crippen molar-refractivity contribution < 1.29 is 14.4 Å². The number of imide groups is 1. The predicted molar refractivity (Wildman–Crippen MR) is 124 cm³/mol. The van der Waals surface area contributed by atoms with Crippen LogP contribution < -0.4 is 0 Å². The van der Waals surface area contributed by atoms with Gasteiger partial charge in [0.15, 0.2) is 0 Å². The van der Waals surface area contributed by atoms with Crippen LogP contribution in [0.15, 0.2) is 12.3 Å². The monoisotopic (exact) mass is 422 g/mol. The molecule has 0 aliphatic carbocycles. The third-order valence-corrected chi connectivity index (χ3v) is 5.89. The van der Waals surface area contributed by atoms with E-state index in [9.17, 15) is 14.4 Å². The van der Waals surface area contributed by atoms with Crippen LogP contribution in [0.25, 0.3) is 0 Å². The molecule has 3 unspecified atom stereocenters. The van der Waals surface area contributed by atoms with Gasteiger partial charge in [0.25, 0.3) is 0 Å². The summed E-state index contributed by atoms with van der Waals surface area (Å²) < 4.78 is 0. The SMILES string of the molecule is C.C=C1C(C(C)C)C(CC(C)C)C(=O)N1C.CC(C)CC1CC(=O)N(C(C)C)C1=O. The van der Waals surface area contributed by atoms with Crippen LogP contribution in [-0.2, 0) is 14.4 Å². The number of nitrogens with zero attached hydrogens (tertiary/aromatic N) is 2. The van der Waals surface area contributed by atoms with E-state index in [4.69, 9.17) is 0 Å². The van der Waals surface area contributed by atoms with Crippen LogP contribution in [0.1, 0.15) is 82.1 Å². The molecule has 0 spiro atoms. The highest BCUT2D eigenvalue weighted by Gasteiger charge is 2.43. The summed E-state index contributed by atoms with van der Waals surface area (Å²) in [4.78, 5) is 38.5. The molecule has 2 aliphatic heterocycles. The second-order valence-corrected chi connectivity index (χ2v) is 10.1.